The van der Waals surface area contributed by atoms with Crippen LogP contribution < -0.4 is 10.1 Å². The molecule has 0 aliphatic carbocycles. The first-order chi connectivity index (χ1) is 20.6. The lowest BCUT2D eigenvalue weighted by atomic mass is 10.0. The summed E-state index contributed by atoms with van der Waals surface area (Å²) in [6, 6.07) is 8.00. The minimum Gasteiger partial charge on any atom is -0.491 e. The highest BCUT2D eigenvalue weighted by Crippen LogP contribution is 2.18. The first-order valence-corrected chi connectivity index (χ1v) is 16.4. The van der Waals surface area contributed by atoms with Crippen LogP contribution in [0.25, 0.3) is 0 Å². The van der Waals surface area contributed by atoms with Crippen molar-refractivity contribution in [2.24, 2.45) is 11.8 Å². The van der Waals surface area contributed by atoms with E-state index in [9.17, 15) is 0 Å². The largest absolute Gasteiger partial charge is 0.491 e. The van der Waals surface area contributed by atoms with Gasteiger partial charge in [0, 0.05) is 39.7 Å². The Hall–Kier alpha value is -1.42. The van der Waals surface area contributed by atoms with Crippen LogP contribution in [0, 0.1) is 11.8 Å². The molecule has 0 aliphatic heterocycles. The molecule has 0 spiro atoms. The molecule has 246 valence electrons. The van der Waals surface area contributed by atoms with Crippen LogP contribution in [0.2, 0.25) is 0 Å². The van der Waals surface area contributed by atoms with Crippen LogP contribution in [-0.4, -0.2) is 92.4 Å². The van der Waals surface area contributed by atoms with Crippen LogP contribution in [0.5, 0.6) is 5.75 Å². The van der Waals surface area contributed by atoms with Crippen LogP contribution in [0.15, 0.2) is 24.3 Å². The van der Waals surface area contributed by atoms with Gasteiger partial charge in [0.05, 0.1) is 45.7 Å². The Kier molecular flexibility index (Phi) is 25.0. The number of rotatable bonds is 30. The molecule has 0 aliphatic rings. The minimum atomic E-state index is -0.152. The molecule has 0 amide bonds. The Balaban J connectivity index is 2.55. The number of ether oxygens (including phenoxy) is 7. The molecule has 4 atom stereocenters. The summed E-state index contributed by atoms with van der Waals surface area (Å²) in [5, 5.41) is 3.48. The average Bonchev–Trinajstić information content (AvgIpc) is 3.01. The lowest BCUT2D eigenvalue weighted by Crippen LogP contribution is -2.30. The number of hydrogen-bond donors (Lipinski definition) is 1. The third-order valence-electron chi connectivity index (χ3n) is 7.51. The predicted molar refractivity (Wildman–Crippen MR) is 172 cm³/mol. The van der Waals surface area contributed by atoms with Gasteiger partial charge in [-0.3, -0.25) is 0 Å². The van der Waals surface area contributed by atoms with E-state index in [-0.39, 0.29) is 12.2 Å². The topological polar surface area (TPSA) is 76.6 Å². The smallest absolute Gasteiger partial charge is 0.119 e. The number of benzene rings is 1. The zero-order valence-corrected chi connectivity index (χ0v) is 27.7. The molecule has 1 aromatic carbocycles. The van der Waals surface area contributed by atoms with Crippen molar-refractivity contribution < 1.29 is 33.2 Å². The van der Waals surface area contributed by atoms with Gasteiger partial charge in [-0.15, -0.1) is 0 Å². The maximum atomic E-state index is 6.08. The summed E-state index contributed by atoms with van der Waals surface area (Å²) in [7, 11) is 3.37. The number of unbranched alkanes of at least 4 members (excludes halogenated alkanes) is 2. The second-order valence-corrected chi connectivity index (χ2v) is 11.1. The fourth-order valence-electron chi connectivity index (χ4n) is 4.52. The van der Waals surface area contributed by atoms with Crippen molar-refractivity contribution >= 4 is 5.69 Å². The monoisotopic (exact) mass is 597 g/mol. The summed E-state index contributed by atoms with van der Waals surface area (Å²) in [4.78, 5) is 0. The molecule has 0 bridgehead atoms. The molecular weight excluding hydrogens is 534 g/mol. The molecule has 0 heterocycles. The summed E-state index contributed by atoms with van der Waals surface area (Å²) in [6.45, 7) is 14.8. The van der Waals surface area contributed by atoms with Crippen molar-refractivity contribution in [3.8, 4) is 5.75 Å². The zero-order chi connectivity index (χ0) is 30.7. The Bertz CT molecular complexity index is 647. The van der Waals surface area contributed by atoms with E-state index >= 15 is 0 Å². The molecule has 1 rings (SSSR count). The lowest BCUT2D eigenvalue weighted by Gasteiger charge is -2.22. The van der Waals surface area contributed by atoms with E-state index in [1.807, 2.05) is 24.3 Å². The van der Waals surface area contributed by atoms with Gasteiger partial charge >= 0.3 is 0 Å². The van der Waals surface area contributed by atoms with Crippen molar-refractivity contribution in [1.82, 2.24) is 0 Å². The molecular formula is C34H63NO7. The van der Waals surface area contributed by atoms with Crippen molar-refractivity contribution in [3.05, 3.63) is 24.3 Å². The average molecular weight is 598 g/mol. The molecule has 42 heavy (non-hydrogen) atoms. The van der Waals surface area contributed by atoms with Crippen molar-refractivity contribution in [2.75, 3.05) is 85.5 Å². The SMILES string of the molecule is CCCCC(CC)COCC(CNc1ccc(OCC(COCC(CC)CCCC)OCCOC)cc1)OCCOC. The van der Waals surface area contributed by atoms with Crippen LogP contribution >= 0.6 is 0 Å². The predicted octanol–water partition coefficient (Wildman–Crippen LogP) is 7.01. The molecule has 1 N–H and O–H groups in total. The van der Waals surface area contributed by atoms with Gasteiger partial charge < -0.3 is 38.5 Å². The van der Waals surface area contributed by atoms with E-state index in [4.69, 9.17) is 33.2 Å². The quantitative estimate of drug-likeness (QED) is 0.0950. The minimum absolute atomic E-state index is 0.0564. The van der Waals surface area contributed by atoms with E-state index in [1.54, 1.807) is 14.2 Å². The van der Waals surface area contributed by atoms with Gasteiger partial charge in [-0.1, -0.05) is 66.2 Å². The Labute approximate surface area is 257 Å². The van der Waals surface area contributed by atoms with Gasteiger partial charge in [0.2, 0.25) is 0 Å². The highest BCUT2D eigenvalue weighted by molar-refractivity contribution is 5.46. The number of anilines is 1. The Morgan fingerprint density at radius 1 is 0.619 bits per heavy atom. The second kappa shape index (κ2) is 27.2. The van der Waals surface area contributed by atoms with Crippen LogP contribution in [0.1, 0.15) is 79.1 Å². The van der Waals surface area contributed by atoms with Crippen molar-refractivity contribution in [2.45, 2.75) is 91.3 Å². The molecule has 0 saturated heterocycles. The number of nitrogens with one attached hydrogen (secondary N) is 1. The molecule has 0 radical (unpaired) electrons. The highest BCUT2D eigenvalue weighted by atomic mass is 16.6. The Morgan fingerprint density at radius 2 is 1.14 bits per heavy atom. The third-order valence-corrected chi connectivity index (χ3v) is 7.51. The molecule has 1 aromatic rings. The summed E-state index contributed by atoms with van der Waals surface area (Å²) in [5.41, 5.74) is 1.01. The maximum Gasteiger partial charge on any atom is 0.119 e. The molecule has 4 unspecified atom stereocenters. The van der Waals surface area contributed by atoms with Gasteiger partial charge in [-0.2, -0.15) is 0 Å². The number of hydrogen-bond acceptors (Lipinski definition) is 8. The summed E-state index contributed by atoms with van der Waals surface area (Å²) < 4.78 is 40.5. The van der Waals surface area contributed by atoms with Crippen molar-refractivity contribution in [1.29, 1.82) is 0 Å². The molecule has 8 heteroatoms. The number of methoxy groups -OCH3 is 2. The first-order valence-electron chi connectivity index (χ1n) is 16.4. The van der Waals surface area contributed by atoms with E-state index in [2.05, 4.69) is 33.0 Å². The second-order valence-electron chi connectivity index (χ2n) is 11.1. The highest BCUT2D eigenvalue weighted by Gasteiger charge is 2.15. The van der Waals surface area contributed by atoms with E-state index in [0.29, 0.717) is 64.6 Å². The third kappa shape index (κ3) is 19.7. The standard InChI is InChI=1S/C34H63NO7/c1-7-11-13-29(9-3)24-38-26-33(40-21-19-36-5)23-35-31-15-17-32(18-16-31)42-28-34(41-22-20-37-6)27-39-25-30(10-4)14-12-8-2/h15-18,29-30,33-35H,7-14,19-28H2,1-6H3. The van der Waals surface area contributed by atoms with Crippen LogP contribution in [0.3, 0.4) is 0 Å². The van der Waals surface area contributed by atoms with Gasteiger partial charge in [0.1, 0.15) is 18.5 Å². The van der Waals surface area contributed by atoms with Gasteiger partial charge in [0.25, 0.3) is 0 Å². The van der Waals surface area contributed by atoms with Gasteiger partial charge in [0.15, 0.2) is 0 Å². The first kappa shape index (κ1) is 38.6. The van der Waals surface area contributed by atoms with E-state index in [1.165, 1.54) is 38.5 Å². The molecule has 0 aromatic heterocycles. The van der Waals surface area contributed by atoms with Crippen LogP contribution in [-0.2, 0) is 28.4 Å². The normalized spacial score (nSPS) is 14.4. The van der Waals surface area contributed by atoms with Gasteiger partial charge in [-0.05, 0) is 48.9 Å². The van der Waals surface area contributed by atoms with E-state index < -0.39 is 0 Å². The van der Waals surface area contributed by atoms with Gasteiger partial charge in [-0.25, -0.2) is 0 Å². The fourth-order valence-corrected chi connectivity index (χ4v) is 4.52. The summed E-state index contributed by atoms with van der Waals surface area (Å²) >= 11 is 0. The molecule has 8 nitrogen and oxygen atoms in total. The maximum absolute atomic E-state index is 6.08. The molecule has 0 fully saturated rings. The fraction of sp³-hybridized carbons (Fsp3) is 0.824. The van der Waals surface area contributed by atoms with Crippen molar-refractivity contribution in [3.63, 3.8) is 0 Å². The molecule has 0 saturated carbocycles. The lowest BCUT2D eigenvalue weighted by molar-refractivity contribution is -0.0561. The summed E-state index contributed by atoms with van der Waals surface area (Å²) in [6.07, 6.45) is 9.46. The summed E-state index contributed by atoms with van der Waals surface area (Å²) in [5.74, 6) is 2.01. The van der Waals surface area contributed by atoms with Crippen LogP contribution in [0.4, 0.5) is 5.69 Å². The Morgan fingerprint density at radius 3 is 1.64 bits per heavy atom. The van der Waals surface area contributed by atoms with E-state index in [0.717, 1.165) is 37.5 Å². The zero-order valence-electron chi connectivity index (χ0n) is 27.7.